The molecule has 9 aromatic carbocycles. The summed E-state index contributed by atoms with van der Waals surface area (Å²) in [6.45, 7) is 0. The highest BCUT2D eigenvalue weighted by Crippen LogP contribution is 2.47. The van der Waals surface area contributed by atoms with Gasteiger partial charge in [0.25, 0.3) is 0 Å². The molecule has 0 spiro atoms. The zero-order valence-corrected chi connectivity index (χ0v) is 28.0. The average molecular weight is 648 g/mol. The van der Waals surface area contributed by atoms with Crippen LogP contribution in [0.5, 0.6) is 0 Å². The van der Waals surface area contributed by atoms with Crippen molar-refractivity contribution >= 4 is 43.4 Å². The fraction of sp³-hybridized carbons (Fsp3) is 0. The summed E-state index contributed by atoms with van der Waals surface area (Å²) in [6.07, 6.45) is 0. The summed E-state index contributed by atoms with van der Waals surface area (Å²) in [5.41, 5.74) is 13.5. The minimum atomic E-state index is 1.16. The minimum absolute atomic E-state index is 1.16. The van der Waals surface area contributed by atoms with Crippen LogP contribution in [0.15, 0.2) is 200 Å². The van der Waals surface area contributed by atoms with E-state index < -0.39 is 0 Å². The smallest absolute Gasteiger partial charge is 0.0619 e. The molecule has 0 atom stereocenters. The van der Waals surface area contributed by atoms with Crippen molar-refractivity contribution in [2.75, 3.05) is 0 Å². The maximum atomic E-state index is 2.43. The Labute approximate surface area is 297 Å². The van der Waals surface area contributed by atoms with E-state index in [1.165, 1.54) is 87.9 Å². The van der Waals surface area contributed by atoms with Crippen LogP contribution in [0, 0.1) is 0 Å². The quantitative estimate of drug-likeness (QED) is 0.164. The highest BCUT2D eigenvalue weighted by Gasteiger charge is 2.20. The van der Waals surface area contributed by atoms with Gasteiger partial charge in [0.2, 0.25) is 0 Å². The van der Waals surface area contributed by atoms with E-state index in [1.54, 1.807) is 0 Å². The van der Waals surface area contributed by atoms with Crippen molar-refractivity contribution in [2.24, 2.45) is 0 Å². The second-order valence-electron chi connectivity index (χ2n) is 13.2. The van der Waals surface area contributed by atoms with Gasteiger partial charge in [-0.05, 0) is 84.8 Å². The Morgan fingerprint density at radius 3 is 1.45 bits per heavy atom. The first kappa shape index (κ1) is 29.2. The number of nitrogens with zero attached hydrogens (tertiary/aromatic N) is 1. The maximum absolute atomic E-state index is 2.43. The molecule has 1 heterocycles. The minimum Gasteiger partial charge on any atom is -0.309 e. The van der Waals surface area contributed by atoms with E-state index >= 15 is 0 Å². The van der Waals surface area contributed by atoms with Gasteiger partial charge < -0.3 is 4.57 Å². The summed E-state index contributed by atoms with van der Waals surface area (Å²) in [4.78, 5) is 0. The Bertz CT molecular complexity index is 2840. The number of benzene rings is 9. The molecule has 0 saturated carbocycles. The van der Waals surface area contributed by atoms with Gasteiger partial charge in [-0.15, -0.1) is 0 Å². The Hall–Kier alpha value is -6.70. The highest BCUT2D eigenvalue weighted by atomic mass is 15.0. The lowest BCUT2D eigenvalue weighted by Crippen LogP contribution is -1.95. The molecule has 0 saturated heterocycles. The number of aromatic nitrogens is 1. The largest absolute Gasteiger partial charge is 0.309 e. The standard InChI is InChI=1S/C50H33N/c1-3-17-34(18-4-1)38-23-7-8-25-41(38)49-44-28-11-9-26-42(44)48(43-27-10-12-29-45(43)49)36-20-15-19-35(33-36)39-30-16-31-46-40-24-13-14-32-47(40)51(50(39)46)37-21-5-2-6-22-37/h1-33H. The molecule has 10 aromatic rings. The zero-order valence-electron chi connectivity index (χ0n) is 28.0. The van der Waals surface area contributed by atoms with Gasteiger partial charge in [0.1, 0.15) is 0 Å². The monoisotopic (exact) mass is 647 g/mol. The van der Waals surface area contributed by atoms with Crippen LogP contribution in [0.2, 0.25) is 0 Å². The third-order valence-electron chi connectivity index (χ3n) is 10.4. The van der Waals surface area contributed by atoms with Crippen molar-refractivity contribution in [1.82, 2.24) is 4.57 Å². The summed E-state index contributed by atoms with van der Waals surface area (Å²) < 4.78 is 2.43. The molecule has 0 bridgehead atoms. The van der Waals surface area contributed by atoms with E-state index in [2.05, 4.69) is 205 Å². The predicted molar refractivity (Wildman–Crippen MR) is 218 cm³/mol. The normalized spacial score (nSPS) is 11.5. The average Bonchev–Trinajstić information content (AvgIpc) is 3.55. The van der Waals surface area contributed by atoms with Gasteiger partial charge in [0, 0.05) is 22.0 Å². The van der Waals surface area contributed by atoms with Crippen LogP contribution >= 0.6 is 0 Å². The Morgan fingerprint density at radius 2 is 0.745 bits per heavy atom. The van der Waals surface area contributed by atoms with Crippen molar-refractivity contribution in [2.45, 2.75) is 0 Å². The molecule has 0 radical (unpaired) electrons. The van der Waals surface area contributed by atoms with E-state index in [0.717, 1.165) is 5.69 Å². The van der Waals surface area contributed by atoms with E-state index in [-0.39, 0.29) is 0 Å². The molecule has 238 valence electrons. The molecule has 1 nitrogen and oxygen atoms in total. The fourth-order valence-electron chi connectivity index (χ4n) is 8.24. The lowest BCUT2D eigenvalue weighted by atomic mass is 9.83. The molecule has 0 fully saturated rings. The van der Waals surface area contributed by atoms with E-state index in [9.17, 15) is 0 Å². The summed E-state index contributed by atoms with van der Waals surface area (Å²) in [6, 6.07) is 72.9. The van der Waals surface area contributed by atoms with Crippen LogP contribution < -0.4 is 0 Å². The van der Waals surface area contributed by atoms with Crippen LogP contribution in [0.3, 0.4) is 0 Å². The van der Waals surface area contributed by atoms with Gasteiger partial charge in [-0.3, -0.25) is 0 Å². The van der Waals surface area contributed by atoms with Gasteiger partial charge >= 0.3 is 0 Å². The maximum Gasteiger partial charge on any atom is 0.0619 e. The molecule has 10 rings (SSSR count). The molecule has 51 heavy (non-hydrogen) atoms. The van der Waals surface area contributed by atoms with Crippen LogP contribution in [0.1, 0.15) is 0 Å². The van der Waals surface area contributed by atoms with Crippen molar-refractivity contribution in [3.63, 3.8) is 0 Å². The Kier molecular flexibility index (Phi) is 6.89. The lowest BCUT2D eigenvalue weighted by Gasteiger charge is -2.20. The predicted octanol–water partition coefficient (Wildman–Crippen LogP) is 13.8. The van der Waals surface area contributed by atoms with Crippen molar-refractivity contribution < 1.29 is 0 Å². The first-order chi connectivity index (χ1) is 25.3. The van der Waals surface area contributed by atoms with Crippen molar-refractivity contribution in [3.8, 4) is 50.2 Å². The molecule has 0 aliphatic heterocycles. The Morgan fingerprint density at radius 1 is 0.275 bits per heavy atom. The summed E-state index contributed by atoms with van der Waals surface area (Å²) in [5.74, 6) is 0. The molecule has 0 amide bonds. The van der Waals surface area contributed by atoms with Crippen LogP contribution in [0.4, 0.5) is 0 Å². The summed E-state index contributed by atoms with van der Waals surface area (Å²) >= 11 is 0. The lowest BCUT2D eigenvalue weighted by molar-refractivity contribution is 1.18. The molecular weight excluding hydrogens is 615 g/mol. The van der Waals surface area contributed by atoms with Crippen molar-refractivity contribution in [3.05, 3.63) is 200 Å². The van der Waals surface area contributed by atoms with Gasteiger partial charge in [0.05, 0.1) is 11.0 Å². The first-order valence-electron chi connectivity index (χ1n) is 17.6. The molecule has 1 aromatic heterocycles. The topological polar surface area (TPSA) is 4.93 Å². The summed E-state index contributed by atoms with van der Waals surface area (Å²) in [7, 11) is 0. The molecular formula is C50H33N. The van der Waals surface area contributed by atoms with E-state index in [1.807, 2.05) is 0 Å². The number of fused-ring (bicyclic) bond motifs is 5. The van der Waals surface area contributed by atoms with Crippen LogP contribution in [-0.4, -0.2) is 4.57 Å². The Balaban J connectivity index is 1.24. The molecule has 0 aliphatic rings. The highest BCUT2D eigenvalue weighted by molar-refractivity contribution is 6.22. The van der Waals surface area contributed by atoms with Gasteiger partial charge in [-0.1, -0.05) is 176 Å². The van der Waals surface area contributed by atoms with Crippen molar-refractivity contribution in [1.29, 1.82) is 0 Å². The fourth-order valence-corrected chi connectivity index (χ4v) is 8.24. The van der Waals surface area contributed by atoms with Gasteiger partial charge in [-0.2, -0.15) is 0 Å². The van der Waals surface area contributed by atoms with E-state index in [0.29, 0.717) is 0 Å². The second kappa shape index (κ2) is 12.0. The number of hydrogen-bond donors (Lipinski definition) is 0. The number of hydrogen-bond acceptors (Lipinski definition) is 0. The first-order valence-corrected chi connectivity index (χ1v) is 17.6. The molecule has 0 unspecified atom stereocenters. The number of para-hydroxylation sites is 3. The third kappa shape index (κ3) is 4.70. The van der Waals surface area contributed by atoms with Gasteiger partial charge in [-0.25, -0.2) is 0 Å². The molecule has 0 aliphatic carbocycles. The van der Waals surface area contributed by atoms with Gasteiger partial charge in [0.15, 0.2) is 0 Å². The molecule has 0 N–H and O–H groups in total. The second-order valence-corrected chi connectivity index (χ2v) is 13.2. The van der Waals surface area contributed by atoms with Crippen LogP contribution in [0.25, 0.3) is 93.5 Å². The third-order valence-corrected chi connectivity index (χ3v) is 10.4. The summed E-state index contributed by atoms with van der Waals surface area (Å²) in [5, 5.41) is 7.54. The zero-order chi connectivity index (χ0) is 33.7. The SMILES string of the molecule is c1ccc(-c2ccccc2-c2c3ccccc3c(-c3cccc(-c4cccc5c6ccccc6n(-c6ccccc6)c45)c3)c3ccccc23)cc1. The molecule has 1 heteroatoms. The number of rotatable bonds is 5. The van der Waals surface area contributed by atoms with E-state index in [4.69, 9.17) is 0 Å². The van der Waals surface area contributed by atoms with Crippen LogP contribution in [-0.2, 0) is 0 Å².